The Morgan fingerprint density at radius 2 is 1.83 bits per heavy atom. The average molecular weight is 352 g/mol. The third-order valence-corrected chi connectivity index (χ3v) is 4.14. The molecule has 1 aromatic carbocycles. The normalized spacial score (nSPS) is 23.2. The molecule has 0 radical (unpaired) electrons. The molecule has 0 saturated carbocycles. The van der Waals surface area contributed by atoms with Gasteiger partial charge in [0, 0.05) is 11.7 Å². The fourth-order valence-corrected chi connectivity index (χ4v) is 3.02. The van der Waals surface area contributed by atoms with Crippen LogP contribution in [-0.4, -0.2) is 29.5 Å². The summed E-state index contributed by atoms with van der Waals surface area (Å²) >= 11 is 0. The Morgan fingerprint density at radius 3 is 2.33 bits per heavy atom. The summed E-state index contributed by atoms with van der Waals surface area (Å²) < 4.78 is 77.6. The monoisotopic (exact) mass is 352 g/mol. The second-order valence-electron chi connectivity index (χ2n) is 5.73. The predicted octanol–water partition coefficient (Wildman–Crippen LogP) is 3.86. The van der Waals surface area contributed by atoms with Crippen molar-refractivity contribution in [1.82, 2.24) is 0 Å². The summed E-state index contributed by atoms with van der Waals surface area (Å²) in [7, 11) is 0. The summed E-state index contributed by atoms with van der Waals surface area (Å²) in [5.41, 5.74) is -1.91. The highest BCUT2D eigenvalue weighted by Crippen LogP contribution is 2.40. The molecule has 3 nitrogen and oxygen atoms in total. The zero-order valence-electron chi connectivity index (χ0n) is 12.5. The lowest BCUT2D eigenvalue weighted by molar-refractivity contribution is -0.209. The largest absolute Gasteiger partial charge is 0.417 e. The Balaban J connectivity index is 2.47. The number of rotatable bonds is 2. The number of aliphatic hydroxyl groups is 1. The van der Waals surface area contributed by atoms with E-state index < -0.39 is 41.7 Å². The summed E-state index contributed by atoms with van der Waals surface area (Å²) in [5, 5.41) is 18.3. The number of benzene rings is 1. The first-order chi connectivity index (χ1) is 11.0. The van der Waals surface area contributed by atoms with Crippen molar-refractivity contribution < 1.29 is 31.4 Å². The van der Waals surface area contributed by atoms with Crippen molar-refractivity contribution in [3.63, 3.8) is 0 Å². The van der Waals surface area contributed by atoms with Crippen LogP contribution in [0.15, 0.2) is 18.2 Å². The Hall–Kier alpha value is -1.95. The van der Waals surface area contributed by atoms with Crippen LogP contribution < -0.4 is 4.90 Å². The molecule has 1 N–H and O–H groups in total. The lowest BCUT2D eigenvalue weighted by Crippen LogP contribution is -2.48. The zero-order chi connectivity index (χ0) is 18.3. The van der Waals surface area contributed by atoms with Gasteiger partial charge in [0.05, 0.1) is 23.2 Å². The molecule has 0 spiro atoms. The lowest BCUT2D eigenvalue weighted by Gasteiger charge is -2.34. The molecule has 132 valence electrons. The Bertz CT molecular complexity index is 649. The maximum Gasteiger partial charge on any atom is 0.417 e. The maximum absolute atomic E-state index is 13.0. The fraction of sp³-hybridized carbons (Fsp3) is 0.533. The molecule has 3 atom stereocenters. The topological polar surface area (TPSA) is 47.3 Å². The molecular formula is C15H14F6N2O. The zero-order valence-corrected chi connectivity index (χ0v) is 12.5. The van der Waals surface area contributed by atoms with Crippen molar-refractivity contribution in [3.8, 4) is 6.07 Å². The van der Waals surface area contributed by atoms with Gasteiger partial charge in [-0.15, -0.1) is 0 Å². The van der Waals surface area contributed by atoms with Crippen LogP contribution in [0, 0.1) is 11.3 Å². The molecule has 0 aliphatic carbocycles. The van der Waals surface area contributed by atoms with E-state index >= 15 is 0 Å². The van der Waals surface area contributed by atoms with Gasteiger partial charge >= 0.3 is 12.4 Å². The van der Waals surface area contributed by atoms with Gasteiger partial charge in [-0.1, -0.05) is 0 Å². The van der Waals surface area contributed by atoms with Crippen molar-refractivity contribution in [3.05, 3.63) is 29.3 Å². The van der Waals surface area contributed by atoms with E-state index in [0.29, 0.717) is 12.5 Å². The molecule has 1 saturated heterocycles. The van der Waals surface area contributed by atoms with Crippen LogP contribution in [0.3, 0.4) is 0 Å². The highest BCUT2D eigenvalue weighted by Gasteiger charge is 2.49. The Kier molecular flexibility index (Phi) is 4.72. The average Bonchev–Trinajstić information content (AvgIpc) is 2.85. The Morgan fingerprint density at radius 1 is 1.21 bits per heavy atom. The SMILES string of the molecule is C[C@@H]1CCC([C@H](O)C(F)(F)F)N1c1ccc(C#N)c(C(F)(F)F)c1. The molecule has 0 aromatic heterocycles. The van der Waals surface area contributed by atoms with Gasteiger partial charge in [-0.2, -0.15) is 31.6 Å². The van der Waals surface area contributed by atoms with E-state index in [2.05, 4.69) is 0 Å². The third-order valence-electron chi connectivity index (χ3n) is 4.14. The van der Waals surface area contributed by atoms with Crippen LogP contribution in [0.25, 0.3) is 0 Å². The molecule has 1 aliphatic heterocycles. The summed E-state index contributed by atoms with van der Waals surface area (Å²) in [5.74, 6) is 0. The predicted molar refractivity (Wildman–Crippen MR) is 73.2 cm³/mol. The van der Waals surface area contributed by atoms with Crippen LogP contribution >= 0.6 is 0 Å². The Labute approximate surface area is 134 Å². The van der Waals surface area contributed by atoms with Crippen molar-refractivity contribution >= 4 is 5.69 Å². The first-order valence-electron chi connectivity index (χ1n) is 7.11. The van der Waals surface area contributed by atoms with E-state index in [4.69, 9.17) is 5.26 Å². The number of hydrogen-bond acceptors (Lipinski definition) is 3. The second kappa shape index (κ2) is 6.16. The molecule has 2 rings (SSSR count). The molecule has 1 fully saturated rings. The van der Waals surface area contributed by atoms with Gasteiger partial charge in [-0.3, -0.25) is 0 Å². The molecule has 1 unspecified atom stereocenters. The van der Waals surface area contributed by atoms with Crippen molar-refractivity contribution in [2.45, 2.75) is 50.3 Å². The number of anilines is 1. The standard InChI is InChI=1S/C15H14F6N2O/c1-8-2-5-12(13(24)15(19,20)21)23(8)10-4-3-9(7-22)11(6-10)14(16,17)18/h3-4,6,8,12-13,24H,2,5H2,1H3/t8-,12?,13+/m1/s1. The van der Waals surface area contributed by atoms with E-state index in [-0.39, 0.29) is 12.1 Å². The number of nitriles is 1. The summed E-state index contributed by atoms with van der Waals surface area (Å²) in [6, 6.07) is 2.35. The molecule has 1 heterocycles. The van der Waals surface area contributed by atoms with E-state index in [1.165, 1.54) is 12.1 Å². The molecular weight excluding hydrogens is 338 g/mol. The highest BCUT2D eigenvalue weighted by atomic mass is 19.4. The van der Waals surface area contributed by atoms with Crippen molar-refractivity contribution in [2.24, 2.45) is 0 Å². The van der Waals surface area contributed by atoms with E-state index in [9.17, 15) is 31.4 Å². The number of halogens is 6. The van der Waals surface area contributed by atoms with Crippen LogP contribution in [-0.2, 0) is 6.18 Å². The quantitative estimate of drug-likeness (QED) is 0.823. The summed E-state index contributed by atoms with van der Waals surface area (Å²) in [6.45, 7) is 1.58. The summed E-state index contributed by atoms with van der Waals surface area (Å²) in [6.07, 6.45) is -12.0. The molecule has 0 bridgehead atoms. The maximum atomic E-state index is 13.0. The smallest absolute Gasteiger partial charge is 0.382 e. The number of hydrogen-bond donors (Lipinski definition) is 1. The first kappa shape index (κ1) is 18.4. The van der Waals surface area contributed by atoms with Gasteiger partial charge < -0.3 is 10.0 Å². The van der Waals surface area contributed by atoms with Gasteiger partial charge in [0.1, 0.15) is 0 Å². The van der Waals surface area contributed by atoms with E-state index in [1.54, 1.807) is 6.92 Å². The molecule has 1 aliphatic rings. The van der Waals surface area contributed by atoms with Gasteiger partial charge in [0.15, 0.2) is 6.10 Å². The minimum absolute atomic E-state index is 0.00317. The second-order valence-corrected chi connectivity index (χ2v) is 5.73. The molecule has 24 heavy (non-hydrogen) atoms. The van der Waals surface area contributed by atoms with Crippen LogP contribution in [0.4, 0.5) is 32.0 Å². The third kappa shape index (κ3) is 3.43. The fourth-order valence-electron chi connectivity index (χ4n) is 3.02. The van der Waals surface area contributed by atoms with Gasteiger partial charge in [-0.05, 0) is 38.0 Å². The highest BCUT2D eigenvalue weighted by molar-refractivity contribution is 5.57. The van der Waals surface area contributed by atoms with Gasteiger partial charge in [0.25, 0.3) is 0 Å². The van der Waals surface area contributed by atoms with Gasteiger partial charge in [-0.25, -0.2) is 0 Å². The van der Waals surface area contributed by atoms with E-state index in [1.807, 2.05) is 0 Å². The van der Waals surface area contributed by atoms with Crippen LogP contribution in [0.5, 0.6) is 0 Å². The molecule has 0 amide bonds. The molecule has 9 heteroatoms. The summed E-state index contributed by atoms with van der Waals surface area (Å²) in [4.78, 5) is 1.15. The lowest BCUT2D eigenvalue weighted by atomic mass is 10.0. The number of alkyl halides is 6. The number of aliphatic hydroxyl groups excluding tert-OH is 1. The first-order valence-corrected chi connectivity index (χ1v) is 7.11. The van der Waals surface area contributed by atoms with Gasteiger partial charge in [0.2, 0.25) is 0 Å². The molecule has 1 aromatic rings. The van der Waals surface area contributed by atoms with Crippen molar-refractivity contribution in [2.75, 3.05) is 4.90 Å². The van der Waals surface area contributed by atoms with Crippen LogP contribution in [0.1, 0.15) is 30.9 Å². The van der Waals surface area contributed by atoms with E-state index in [0.717, 1.165) is 11.0 Å². The minimum atomic E-state index is -4.87. The number of nitrogens with zero attached hydrogens (tertiary/aromatic N) is 2. The minimum Gasteiger partial charge on any atom is -0.382 e. The van der Waals surface area contributed by atoms with Crippen LogP contribution in [0.2, 0.25) is 0 Å². The van der Waals surface area contributed by atoms with Crippen molar-refractivity contribution in [1.29, 1.82) is 5.26 Å².